The minimum absolute atomic E-state index is 0.500. The van der Waals surface area contributed by atoms with Crippen LogP contribution in [0.5, 0.6) is 0 Å². The highest BCUT2D eigenvalue weighted by atomic mass is 35.5. The first-order chi connectivity index (χ1) is 9.12. The zero-order valence-corrected chi connectivity index (χ0v) is 12.9. The Morgan fingerprint density at radius 1 is 1.26 bits per heavy atom. The summed E-state index contributed by atoms with van der Waals surface area (Å²) >= 11 is 12.2. The van der Waals surface area contributed by atoms with Crippen LogP contribution in [0, 0.1) is 11.3 Å². The molecule has 1 aromatic rings. The summed E-state index contributed by atoms with van der Waals surface area (Å²) in [7, 11) is 0. The maximum absolute atomic E-state index is 6.22. The molecule has 2 aliphatic rings. The van der Waals surface area contributed by atoms with Gasteiger partial charge in [0.2, 0.25) is 0 Å². The molecule has 2 aliphatic carbocycles. The van der Waals surface area contributed by atoms with Crippen LogP contribution < -0.4 is 0 Å². The number of hydrogen-bond acceptors (Lipinski definition) is 0. The van der Waals surface area contributed by atoms with Gasteiger partial charge in [-0.25, -0.2) is 0 Å². The van der Waals surface area contributed by atoms with Crippen LogP contribution >= 0.6 is 23.2 Å². The third-order valence-corrected chi connectivity index (χ3v) is 5.71. The second-order valence-corrected chi connectivity index (χ2v) is 7.05. The molecule has 0 spiro atoms. The lowest BCUT2D eigenvalue weighted by molar-refractivity contribution is 0.220. The molecule has 0 saturated heterocycles. The number of halogens is 2. The van der Waals surface area contributed by atoms with Gasteiger partial charge in [0.15, 0.2) is 0 Å². The molecule has 102 valence electrons. The lowest BCUT2D eigenvalue weighted by Crippen LogP contribution is -2.27. The molecule has 0 unspecified atom stereocenters. The highest BCUT2D eigenvalue weighted by molar-refractivity contribution is 6.30. The first-order valence-corrected chi connectivity index (χ1v) is 8.06. The SMILES string of the molecule is C[C@]12CCC[C@H]1CC(c1ccc(Cl)cc1)=C(CCl)C2. The molecule has 0 amide bonds. The van der Waals surface area contributed by atoms with Crippen molar-refractivity contribution in [3.63, 3.8) is 0 Å². The lowest BCUT2D eigenvalue weighted by Gasteiger charge is -2.39. The Morgan fingerprint density at radius 3 is 2.68 bits per heavy atom. The molecule has 2 atom stereocenters. The Morgan fingerprint density at radius 2 is 2.00 bits per heavy atom. The fourth-order valence-electron chi connectivity index (χ4n) is 3.97. The van der Waals surface area contributed by atoms with Crippen molar-refractivity contribution in [2.75, 3.05) is 5.88 Å². The van der Waals surface area contributed by atoms with Crippen molar-refractivity contribution in [3.8, 4) is 0 Å². The molecule has 0 aromatic heterocycles. The van der Waals surface area contributed by atoms with Crippen LogP contribution in [0.25, 0.3) is 5.57 Å². The van der Waals surface area contributed by atoms with Gasteiger partial charge in [-0.2, -0.15) is 0 Å². The van der Waals surface area contributed by atoms with Crippen LogP contribution in [-0.4, -0.2) is 5.88 Å². The van der Waals surface area contributed by atoms with Crippen LogP contribution in [0.1, 0.15) is 44.6 Å². The van der Waals surface area contributed by atoms with Gasteiger partial charge in [-0.05, 0) is 60.3 Å². The maximum atomic E-state index is 6.22. The fourth-order valence-corrected chi connectivity index (χ4v) is 4.35. The summed E-state index contributed by atoms with van der Waals surface area (Å²) in [5.74, 6) is 1.51. The third-order valence-electron chi connectivity index (χ3n) is 5.13. The quantitative estimate of drug-likeness (QED) is 0.593. The molecule has 19 heavy (non-hydrogen) atoms. The Labute approximate surface area is 125 Å². The van der Waals surface area contributed by atoms with E-state index in [1.807, 2.05) is 12.1 Å². The van der Waals surface area contributed by atoms with Crippen molar-refractivity contribution >= 4 is 28.8 Å². The first kappa shape index (κ1) is 13.5. The molecule has 0 radical (unpaired) electrons. The number of allylic oxidation sites excluding steroid dienone is 2. The summed E-state index contributed by atoms with van der Waals surface area (Å²) in [4.78, 5) is 0. The maximum Gasteiger partial charge on any atom is 0.0439 e. The van der Waals surface area contributed by atoms with E-state index in [4.69, 9.17) is 23.2 Å². The van der Waals surface area contributed by atoms with E-state index in [1.54, 1.807) is 0 Å². The summed E-state index contributed by atoms with van der Waals surface area (Å²) in [6.07, 6.45) is 6.50. The van der Waals surface area contributed by atoms with E-state index in [2.05, 4.69) is 19.1 Å². The number of benzene rings is 1. The van der Waals surface area contributed by atoms with Gasteiger partial charge >= 0.3 is 0 Å². The van der Waals surface area contributed by atoms with E-state index in [1.165, 1.54) is 48.8 Å². The third kappa shape index (κ3) is 2.45. The van der Waals surface area contributed by atoms with Crippen molar-refractivity contribution in [2.45, 2.75) is 39.0 Å². The molecule has 0 aliphatic heterocycles. The van der Waals surface area contributed by atoms with E-state index in [9.17, 15) is 0 Å². The van der Waals surface area contributed by atoms with E-state index in [-0.39, 0.29) is 0 Å². The molecular formula is C17H20Cl2. The predicted octanol–water partition coefficient (Wildman–Crippen LogP) is 5.93. The van der Waals surface area contributed by atoms with Gasteiger partial charge in [0, 0.05) is 10.9 Å². The lowest BCUT2D eigenvalue weighted by atomic mass is 9.67. The summed E-state index contributed by atoms with van der Waals surface area (Å²) in [5.41, 5.74) is 4.75. The van der Waals surface area contributed by atoms with Crippen molar-refractivity contribution < 1.29 is 0 Å². The summed E-state index contributed by atoms with van der Waals surface area (Å²) in [6, 6.07) is 8.25. The van der Waals surface area contributed by atoms with Crippen LogP contribution in [0.2, 0.25) is 5.02 Å². The molecule has 1 saturated carbocycles. The average Bonchev–Trinajstić information content (AvgIpc) is 2.78. The Balaban J connectivity index is 1.98. The van der Waals surface area contributed by atoms with Crippen LogP contribution in [0.15, 0.2) is 29.8 Å². The van der Waals surface area contributed by atoms with Gasteiger partial charge in [-0.1, -0.05) is 42.7 Å². The van der Waals surface area contributed by atoms with Gasteiger partial charge in [-0.3, -0.25) is 0 Å². The minimum atomic E-state index is 0.500. The van der Waals surface area contributed by atoms with Crippen LogP contribution in [0.3, 0.4) is 0 Å². The number of fused-ring (bicyclic) bond motifs is 1. The van der Waals surface area contributed by atoms with E-state index < -0.39 is 0 Å². The highest BCUT2D eigenvalue weighted by Crippen LogP contribution is 2.55. The van der Waals surface area contributed by atoms with Gasteiger partial charge < -0.3 is 0 Å². The molecule has 1 aromatic carbocycles. The van der Waals surface area contributed by atoms with Gasteiger partial charge in [0.25, 0.3) is 0 Å². The minimum Gasteiger partial charge on any atom is -0.122 e. The van der Waals surface area contributed by atoms with Crippen molar-refractivity contribution in [1.29, 1.82) is 0 Å². The standard InChI is InChI=1S/C17H20Cl2/c1-17-8-2-3-14(17)9-16(13(10-17)11-18)12-4-6-15(19)7-5-12/h4-7,14H,2-3,8-11H2,1H3/t14-,17+/m0/s1. The van der Waals surface area contributed by atoms with E-state index in [0.29, 0.717) is 11.3 Å². The molecule has 0 bridgehead atoms. The molecule has 0 N–H and O–H groups in total. The van der Waals surface area contributed by atoms with Crippen molar-refractivity contribution in [1.82, 2.24) is 0 Å². The van der Waals surface area contributed by atoms with Gasteiger partial charge in [0.1, 0.15) is 0 Å². The van der Waals surface area contributed by atoms with Crippen molar-refractivity contribution in [2.24, 2.45) is 11.3 Å². The normalized spacial score (nSPS) is 30.6. The molecule has 3 rings (SSSR count). The topological polar surface area (TPSA) is 0 Å². The average molecular weight is 295 g/mol. The summed E-state index contributed by atoms with van der Waals surface area (Å²) < 4.78 is 0. The van der Waals surface area contributed by atoms with E-state index in [0.717, 1.165) is 10.9 Å². The zero-order chi connectivity index (χ0) is 13.5. The van der Waals surface area contributed by atoms with Gasteiger partial charge in [-0.15, -0.1) is 11.6 Å². The Kier molecular flexibility index (Phi) is 3.66. The highest BCUT2D eigenvalue weighted by Gasteiger charge is 2.42. The van der Waals surface area contributed by atoms with Crippen molar-refractivity contribution in [3.05, 3.63) is 40.4 Å². The Hall–Kier alpha value is -0.460. The number of alkyl halides is 1. The van der Waals surface area contributed by atoms with E-state index >= 15 is 0 Å². The second-order valence-electron chi connectivity index (χ2n) is 6.35. The monoisotopic (exact) mass is 294 g/mol. The largest absolute Gasteiger partial charge is 0.122 e. The first-order valence-electron chi connectivity index (χ1n) is 7.15. The smallest absolute Gasteiger partial charge is 0.0439 e. The van der Waals surface area contributed by atoms with Crippen LogP contribution in [-0.2, 0) is 0 Å². The summed E-state index contributed by atoms with van der Waals surface area (Å²) in [5, 5.41) is 0.804. The molecular weight excluding hydrogens is 275 g/mol. The number of hydrogen-bond donors (Lipinski definition) is 0. The predicted molar refractivity (Wildman–Crippen MR) is 83.8 cm³/mol. The molecule has 0 nitrogen and oxygen atoms in total. The molecule has 0 heterocycles. The Bertz CT molecular complexity index is 500. The fraction of sp³-hybridized carbons (Fsp3) is 0.529. The number of rotatable bonds is 2. The zero-order valence-electron chi connectivity index (χ0n) is 11.4. The summed E-state index contributed by atoms with van der Waals surface area (Å²) in [6.45, 7) is 2.45. The molecule has 2 heteroatoms. The van der Waals surface area contributed by atoms with Gasteiger partial charge in [0.05, 0.1) is 0 Å². The second kappa shape index (κ2) is 5.14. The van der Waals surface area contributed by atoms with Crippen LogP contribution in [0.4, 0.5) is 0 Å². The molecule has 1 fully saturated rings.